The summed E-state index contributed by atoms with van der Waals surface area (Å²) in [6, 6.07) is 4.84. The van der Waals surface area contributed by atoms with Crippen molar-refractivity contribution in [3.63, 3.8) is 0 Å². The van der Waals surface area contributed by atoms with Gasteiger partial charge in [-0.05, 0) is 26.0 Å². The Balaban J connectivity index is 2.61. The Hall–Kier alpha value is -1.75. The fourth-order valence-corrected chi connectivity index (χ4v) is 1.41. The second kappa shape index (κ2) is 7.55. The molecule has 1 aromatic carbocycles. The Kier molecular flexibility index (Phi) is 6.00. The molecule has 0 amide bonds. The second-order valence-corrected chi connectivity index (χ2v) is 3.56. The molecule has 0 aliphatic rings. The largest absolute Gasteiger partial charge is 0.494 e. The van der Waals surface area contributed by atoms with Crippen LogP contribution < -0.4 is 10.5 Å². The number of nitrogens with two attached hydrogens (primary N) is 1. The fourth-order valence-electron chi connectivity index (χ4n) is 1.41. The molecule has 0 fully saturated rings. The number of nitrogen functional groups attached to an aromatic ring is 1. The van der Waals surface area contributed by atoms with Gasteiger partial charge < -0.3 is 19.9 Å². The van der Waals surface area contributed by atoms with E-state index in [1.165, 1.54) is 0 Å². The smallest absolute Gasteiger partial charge is 0.338 e. The summed E-state index contributed by atoms with van der Waals surface area (Å²) >= 11 is 0. The summed E-state index contributed by atoms with van der Waals surface area (Å²) in [5.41, 5.74) is 6.55. The molecule has 0 bridgehead atoms. The molecule has 0 spiro atoms. The maximum Gasteiger partial charge on any atom is 0.338 e. The van der Waals surface area contributed by atoms with E-state index in [4.69, 9.17) is 19.9 Å². The molecule has 0 aliphatic carbocycles. The standard InChI is InChI=1S/C13H19NO4/c1-3-16-5-6-18-13(15)10-7-11(14)9-12(8-10)17-4-2/h7-9H,3-6,14H2,1-2H3. The number of carbonyl (C=O) groups is 1. The van der Waals surface area contributed by atoms with Crippen molar-refractivity contribution in [2.75, 3.05) is 32.2 Å². The first-order valence-corrected chi connectivity index (χ1v) is 5.95. The van der Waals surface area contributed by atoms with Crippen molar-refractivity contribution in [2.45, 2.75) is 13.8 Å². The lowest BCUT2D eigenvalue weighted by Gasteiger charge is -2.08. The first kappa shape index (κ1) is 14.3. The van der Waals surface area contributed by atoms with Gasteiger partial charge in [-0.3, -0.25) is 0 Å². The van der Waals surface area contributed by atoms with Crippen LogP contribution in [0.25, 0.3) is 0 Å². The summed E-state index contributed by atoms with van der Waals surface area (Å²) in [5.74, 6) is 0.136. The third kappa shape index (κ3) is 4.63. The van der Waals surface area contributed by atoms with Gasteiger partial charge in [0.1, 0.15) is 12.4 Å². The number of carbonyl (C=O) groups excluding carboxylic acids is 1. The highest BCUT2D eigenvalue weighted by Gasteiger charge is 2.09. The zero-order valence-electron chi connectivity index (χ0n) is 10.8. The minimum atomic E-state index is -0.428. The third-order valence-corrected chi connectivity index (χ3v) is 2.14. The molecule has 0 heterocycles. The summed E-state index contributed by atoms with van der Waals surface area (Å²) in [6.45, 7) is 5.48. The van der Waals surface area contributed by atoms with Crippen molar-refractivity contribution in [3.05, 3.63) is 23.8 Å². The molecule has 0 saturated heterocycles. The number of esters is 1. The van der Waals surface area contributed by atoms with Crippen LogP contribution in [0.5, 0.6) is 5.75 Å². The molecule has 0 unspecified atom stereocenters. The zero-order valence-corrected chi connectivity index (χ0v) is 10.8. The van der Waals surface area contributed by atoms with Crippen molar-refractivity contribution in [1.82, 2.24) is 0 Å². The van der Waals surface area contributed by atoms with E-state index in [9.17, 15) is 4.79 Å². The fraction of sp³-hybridized carbons (Fsp3) is 0.462. The van der Waals surface area contributed by atoms with Crippen molar-refractivity contribution in [2.24, 2.45) is 0 Å². The lowest BCUT2D eigenvalue weighted by Crippen LogP contribution is -2.11. The predicted octanol–water partition coefficient (Wildman–Crippen LogP) is 1.86. The molecule has 100 valence electrons. The average Bonchev–Trinajstić information content (AvgIpc) is 2.34. The third-order valence-electron chi connectivity index (χ3n) is 2.14. The van der Waals surface area contributed by atoms with Gasteiger partial charge in [0.05, 0.1) is 18.8 Å². The van der Waals surface area contributed by atoms with Gasteiger partial charge >= 0.3 is 5.97 Å². The van der Waals surface area contributed by atoms with Crippen molar-refractivity contribution in [1.29, 1.82) is 0 Å². The summed E-state index contributed by atoms with van der Waals surface area (Å²) in [7, 11) is 0. The van der Waals surface area contributed by atoms with Crippen LogP contribution in [0.15, 0.2) is 18.2 Å². The van der Waals surface area contributed by atoms with Crippen LogP contribution in [-0.4, -0.2) is 32.4 Å². The molecule has 5 nitrogen and oxygen atoms in total. The minimum absolute atomic E-state index is 0.228. The maximum absolute atomic E-state index is 11.7. The molecule has 0 aliphatic heterocycles. The Morgan fingerprint density at radius 1 is 1.17 bits per heavy atom. The van der Waals surface area contributed by atoms with Crippen LogP contribution in [0.1, 0.15) is 24.2 Å². The normalized spacial score (nSPS) is 10.1. The lowest BCUT2D eigenvalue weighted by atomic mass is 10.2. The summed E-state index contributed by atoms with van der Waals surface area (Å²) < 4.78 is 15.4. The highest BCUT2D eigenvalue weighted by Crippen LogP contribution is 2.19. The highest BCUT2D eigenvalue weighted by molar-refractivity contribution is 5.91. The Labute approximate surface area is 107 Å². The van der Waals surface area contributed by atoms with Gasteiger partial charge in [0.2, 0.25) is 0 Å². The van der Waals surface area contributed by atoms with E-state index in [0.717, 1.165) is 0 Å². The Morgan fingerprint density at radius 3 is 2.61 bits per heavy atom. The van der Waals surface area contributed by atoms with Gasteiger partial charge in [0.25, 0.3) is 0 Å². The van der Waals surface area contributed by atoms with Crippen LogP contribution in [0, 0.1) is 0 Å². The molecule has 1 rings (SSSR count). The van der Waals surface area contributed by atoms with E-state index in [-0.39, 0.29) is 6.61 Å². The quantitative estimate of drug-likeness (QED) is 0.456. The molecule has 0 aromatic heterocycles. The monoisotopic (exact) mass is 253 g/mol. The summed E-state index contributed by atoms with van der Waals surface area (Å²) in [5, 5.41) is 0. The lowest BCUT2D eigenvalue weighted by molar-refractivity contribution is 0.0335. The van der Waals surface area contributed by atoms with E-state index in [1.54, 1.807) is 18.2 Å². The van der Waals surface area contributed by atoms with E-state index in [0.29, 0.717) is 36.8 Å². The zero-order chi connectivity index (χ0) is 13.4. The molecule has 0 saturated carbocycles. The number of rotatable bonds is 7. The maximum atomic E-state index is 11.7. The number of benzene rings is 1. The summed E-state index contributed by atoms with van der Waals surface area (Å²) in [6.07, 6.45) is 0. The van der Waals surface area contributed by atoms with Crippen LogP contribution >= 0.6 is 0 Å². The highest BCUT2D eigenvalue weighted by atomic mass is 16.6. The molecule has 18 heavy (non-hydrogen) atoms. The Morgan fingerprint density at radius 2 is 1.94 bits per heavy atom. The van der Waals surface area contributed by atoms with E-state index in [2.05, 4.69) is 0 Å². The topological polar surface area (TPSA) is 70.8 Å². The van der Waals surface area contributed by atoms with Crippen molar-refractivity contribution in [3.8, 4) is 5.75 Å². The van der Waals surface area contributed by atoms with Gasteiger partial charge in [-0.2, -0.15) is 0 Å². The van der Waals surface area contributed by atoms with Gasteiger partial charge in [-0.15, -0.1) is 0 Å². The van der Waals surface area contributed by atoms with Crippen molar-refractivity contribution < 1.29 is 19.0 Å². The Bertz CT molecular complexity index is 393. The number of hydrogen-bond acceptors (Lipinski definition) is 5. The first-order valence-electron chi connectivity index (χ1n) is 5.95. The molecule has 1 aromatic rings. The van der Waals surface area contributed by atoms with Crippen LogP contribution in [0.3, 0.4) is 0 Å². The second-order valence-electron chi connectivity index (χ2n) is 3.56. The van der Waals surface area contributed by atoms with Crippen LogP contribution in [-0.2, 0) is 9.47 Å². The van der Waals surface area contributed by atoms with E-state index >= 15 is 0 Å². The number of ether oxygens (including phenoxy) is 3. The SMILES string of the molecule is CCOCCOC(=O)c1cc(N)cc(OCC)c1. The number of hydrogen-bond donors (Lipinski definition) is 1. The first-order chi connectivity index (χ1) is 8.67. The van der Waals surface area contributed by atoms with E-state index in [1.807, 2.05) is 13.8 Å². The average molecular weight is 253 g/mol. The minimum Gasteiger partial charge on any atom is -0.494 e. The predicted molar refractivity (Wildman–Crippen MR) is 68.8 cm³/mol. The van der Waals surface area contributed by atoms with Gasteiger partial charge in [-0.1, -0.05) is 0 Å². The molecule has 0 atom stereocenters. The molecular formula is C13H19NO4. The van der Waals surface area contributed by atoms with Crippen LogP contribution in [0.4, 0.5) is 5.69 Å². The molecule has 5 heteroatoms. The summed E-state index contributed by atoms with van der Waals surface area (Å²) in [4.78, 5) is 11.7. The van der Waals surface area contributed by atoms with Crippen molar-refractivity contribution >= 4 is 11.7 Å². The number of anilines is 1. The molecular weight excluding hydrogens is 234 g/mol. The van der Waals surface area contributed by atoms with Gasteiger partial charge in [0, 0.05) is 18.4 Å². The molecule has 0 radical (unpaired) electrons. The van der Waals surface area contributed by atoms with E-state index < -0.39 is 5.97 Å². The molecule has 2 N–H and O–H groups in total. The van der Waals surface area contributed by atoms with Gasteiger partial charge in [0.15, 0.2) is 0 Å². The van der Waals surface area contributed by atoms with Crippen LogP contribution in [0.2, 0.25) is 0 Å². The van der Waals surface area contributed by atoms with Gasteiger partial charge in [-0.25, -0.2) is 4.79 Å².